The maximum atomic E-state index is 12.9. The van der Waals surface area contributed by atoms with E-state index < -0.39 is 0 Å². The van der Waals surface area contributed by atoms with Crippen LogP contribution in [-0.2, 0) is 16.6 Å². The maximum absolute atomic E-state index is 12.9. The number of benzene rings is 1. The second kappa shape index (κ2) is 6.68. The molecule has 0 atom stereocenters. The summed E-state index contributed by atoms with van der Waals surface area (Å²) < 4.78 is 18.4. The summed E-state index contributed by atoms with van der Waals surface area (Å²) >= 11 is 0. The number of nitrogens with zero attached hydrogens (tertiary/aromatic N) is 2. The van der Waals surface area contributed by atoms with Gasteiger partial charge in [-0.25, -0.2) is 9.37 Å². The van der Waals surface area contributed by atoms with Crippen LogP contribution in [0.1, 0.15) is 30.5 Å². The van der Waals surface area contributed by atoms with E-state index in [0.717, 1.165) is 30.5 Å². The predicted molar refractivity (Wildman–Crippen MR) is 97.0 cm³/mol. The van der Waals surface area contributed by atoms with E-state index in [9.17, 15) is 14.0 Å². The molecule has 0 radical (unpaired) electrons. The van der Waals surface area contributed by atoms with E-state index in [2.05, 4.69) is 9.97 Å². The lowest BCUT2D eigenvalue weighted by molar-refractivity contribution is -0.135. The Hall–Kier alpha value is -2.90. The Morgan fingerprint density at radius 1 is 1.26 bits per heavy atom. The SMILES string of the molecule is Nc1nc2c(c(=O)[nH]1)CCC21CCN(C(=O)COc2ccc(F)cc2)CC1. The number of amides is 1. The van der Waals surface area contributed by atoms with Gasteiger partial charge in [0.25, 0.3) is 11.5 Å². The number of ether oxygens (including phenoxy) is 1. The number of halogens is 1. The molecule has 0 bridgehead atoms. The van der Waals surface area contributed by atoms with Crippen LogP contribution in [0, 0.1) is 5.82 Å². The monoisotopic (exact) mass is 372 g/mol. The number of rotatable bonds is 3. The molecule has 142 valence electrons. The Kier molecular flexibility index (Phi) is 4.33. The number of anilines is 1. The molecule has 1 aliphatic heterocycles. The molecule has 1 saturated heterocycles. The summed E-state index contributed by atoms with van der Waals surface area (Å²) in [6.07, 6.45) is 3.05. The zero-order valence-electron chi connectivity index (χ0n) is 14.8. The van der Waals surface area contributed by atoms with Crippen LogP contribution in [0.5, 0.6) is 5.75 Å². The number of aromatic nitrogens is 2. The van der Waals surface area contributed by atoms with Crippen molar-refractivity contribution in [2.45, 2.75) is 31.1 Å². The summed E-state index contributed by atoms with van der Waals surface area (Å²) in [6.45, 7) is 1.08. The number of hydrogen-bond donors (Lipinski definition) is 2. The van der Waals surface area contributed by atoms with Crippen LogP contribution in [0.3, 0.4) is 0 Å². The summed E-state index contributed by atoms with van der Waals surface area (Å²) in [4.78, 5) is 33.3. The third kappa shape index (κ3) is 3.27. The quantitative estimate of drug-likeness (QED) is 0.848. The van der Waals surface area contributed by atoms with Crippen LogP contribution >= 0.6 is 0 Å². The van der Waals surface area contributed by atoms with Gasteiger partial charge >= 0.3 is 0 Å². The minimum absolute atomic E-state index is 0.0832. The van der Waals surface area contributed by atoms with Crippen molar-refractivity contribution < 1.29 is 13.9 Å². The van der Waals surface area contributed by atoms with Gasteiger partial charge in [0.2, 0.25) is 5.95 Å². The molecule has 2 aromatic rings. The normalized spacial score (nSPS) is 17.7. The molecule has 0 unspecified atom stereocenters. The second-order valence-electron chi connectivity index (χ2n) is 7.18. The van der Waals surface area contributed by atoms with Crippen LogP contribution in [-0.4, -0.2) is 40.5 Å². The largest absolute Gasteiger partial charge is 0.484 e. The van der Waals surface area contributed by atoms with Crippen LogP contribution in [0.2, 0.25) is 0 Å². The van der Waals surface area contributed by atoms with Crippen LogP contribution in [0.4, 0.5) is 10.3 Å². The first kappa shape index (κ1) is 17.5. The molecule has 2 heterocycles. The molecule has 0 saturated carbocycles. The highest BCUT2D eigenvalue weighted by Gasteiger charge is 2.44. The third-order valence-corrected chi connectivity index (χ3v) is 5.64. The van der Waals surface area contributed by atoms with E-state index in [1.54, 1.807) is 4.90 Å². The van der Waals surface area contributed by atoms with E-state index in [0.29, 0.717) is 25.3 Å². The molecule has 4 rings (SSSR count). The fourth-order valence-corrected chi connectivity index (χ4v) is 4.11. The fourth-order valence-electron chi connectivity index (χ4n) is 4.11. The van der Waals surface area contributed by atoms with Crippen LogP contribution < -0.4 is 16.0 Å². The first-order chi connectivity index (χ1) is 13.0. The Balaban J connectivity index is 1.39. The number of nitrogens with one attached hydrogen (secondary N) is 1. The average Bonchev–Trinajstić information content (AvgIpc) is 3.00. The summed E-state index contributed by atoms with van der Waals surface area (Å²) in [7, 11) is 0. The molecule has 1 spiro atoms. The van der Waals surface area contributed by atoms with Crippen molar-refractivity contribution in [3.8, 4) is 5.75 Å². The first-order valence-electron chi connectivity index (χ1n) is 9.02. The standard InChI is InChI=1S/C19H21FN4O3/c20-12-1-3-13(4-2-12)27-11-15(25)24-9-7-19(8-10-24)6-5-14-16(19)22-18(21)23-17(14)26/h1-4H,5-11H2,(H3,21,22,23,26). The molecule has 1 fully saturated rings. The van der Waals surface area contributed by atoms with Gasteiger partial charge in [-0.3, -0.25) is 14.6 Å². The van der Waals surface area contributed by atoms with Gasteiger partial charge in [-0.2, -0.15) is 0 Å². The average molecular weight is 372 g/mol. The van der Waals surface area contributed by atoms with E-state index in [1.807, 2.05) is 0 Å². The van der Waals surface area contributed by atoms with E-state index >= 15 is 0 Å². The van der Waals surface area contributed by atoms with Crippen molar-refractivity contribution in [3.05, 3.63) is 51.7 Å². The number of hydrogen-bond acceptors (Lipinski definition) is 5. The number of piperidine rings is 1. The molecular formula is C19H21FN4O3. The number of likely N-dealkylation sites (tertiary alicyclic amines) is 1. The summed E-state index contributed by atoms with van der Waals surface area (Å²) in [5.74, 6) is 0.152. The van der Waals surface area contributed by atoms with Crippen molar-refractivity contribution in [1.82, 2.24) is 14.9 Å². The topological polar surface area (TPSA) is 101 Å². The fraction of sp³-hybridized carbons (Fsp3) is 0.421. The maximum Gasteiger partial charge on any atom is 0.260 e. The van der Waals surface area contributed by atoms with Gasteiger partial charge in [-0.05, 0) is 49.9 Å². The van der Waals surface area contributed by atoms with E-state index in [4.69, 9.17) is 10.5 Å². The molecule has 27 heavy (non-hydrogen) atoms. The van der Waals surface area contributed by atoms with E-state index in [1.165, 1.54) is 24.3 Å². The summed E-state index contributed by atoms with van der Waals surface area (Å²) in [5.41, 5.74) is 6.93. The van der Waals surface area contributed by atoms with Crippen molar-refractivity contribution in [1.29, 1.82) is 0 Å². The number of nitrogen functional groups attached to an aromatic ring is 1. The van der Waals surface area contributed by atoms with E-state index in [-0.39, 0.29) is 35.3 Å². The summed E-state index contributed by atoms with van der Waals surface area (Å²) in [6, 6.07) is 5.58. The number of H-pyrrole nitrogens is 1. The number of carbonyl (C=O) groups excluding carboxylic acids is 1. The van der Waals surface area contributed by atoms with Crippen molar-refractivity contribution in [2.75, 3.05) is 25.4 Å². The number of aromatic amines is 1. The molecule has 1 aromatic carbocycles. The molecule has 8 heteroatoms. The Bertz CT molecular complexity index is 918. The van der Waals surface area contributed by atoms with Crippen LogP contribution in [0.15, 0.2) is 29.1 Å². The Morgan fingerprint density at radius 3 is 2.67 bits per heavy atom. The zero-order chi connectivity index (χ0) is 19.0. The van der Waals surface area contributed by atoms with Gasteiger partial charge in [0.15, 0.2) is 6.61 Å². The van der Waals surface area contributed by atoms with Gasteiger partial charge in [-0.15, -0.1) is 0 Å². The first-order valence-corrected chi connectivity index (χ1v) is 9.02. The Labute approximate surface area is 155 Å². The van der Waals surface area contributed by atoms with Gasteiger partial charge in [-0.1, -0.05) is 0 Å². The lowest BCUT2D eigenvalue weighted by Crippen LogP contribution is -2.46. The molecular weight excluding hydrogens is 351 g/mol. The lowest BCUT2D eigenvalue weighted by Gasteiger charge is -2.39. The number of nitrogens with two attached hydrogens (primary N) is 1. The van der Waals surface area contributed by atoms with Gasteiger partial charge < -0.3 is 15.4 Å². The predicted octanol–water partition coefficient (Wildman–Crippen LogP) is 1.38. The second-order valence-corrected chi connectivity index (χ2v) is 7.18. The van der Waals surface area contributed by atoms with Crippen molar-refractivity contribution in [3.63, 3.8) is 0 Å². The smallest absolute Gasteiger partial charge is 0.260 e. The molecule has 1 amide bonds. The van der Waals surface area contributed by atoms with Crippen LogP contribution in [0.25, 0.3) is 0 Å². The van der Waals surface area contributed by atoms with Gasteiger partial charge in [0.05, 0.1) is 5.69 Å². The third-order valence-electron chi connectivity index (χ3n) is 5.64. The van der Waals surface area contributed by atoms with Gasteiger partial charge in [0.1, 0.15) is 11.6 Å². The number of carbonyl (C=O) groups is 1. The highest BCUT2D eigenvalue weighted by atomic mass is 19.1. The molecule has 7 nitrogen and oxygen atoms in total. The summed E-state index contributed by atoms with van der Waals surface area (Å²) in [5, 5.41) is 0. The molecule has 2 aliphatic rings. The minimum Gasteiger partial charge on any atom is -0.484 e. The minimum atomic E-state index is -0.347. The number of fused-ring (bicyclic) bond motifs is 2. The molecule has 1 aliphatic carbocycles. The lowest BCUT2D eigenvalue weighted by atomic mass is 9.76. The van der Waals surface area contributed by atoms with Gasteiger partial charge in [0, 0.05) is 24.1 Å². The molecule has 1 aromatic heterocycles. The van der Waals surface area contributed by atoms with Crippen molar-refractivity contribution >= 4 is 11.9 Å². The highest BCUT2D eigenvalue weighted by molar-refractivity contribution is 5.78. The zero-order valence-corrected chi connectivity index (χ0v) is 14.8. The Morgan fingerprint density at radius 2 is 1.96 bits per heavy atom. The van der Waals surface area contributed by atoms with Crippen molar-refractivity contribution in [2.24, 2.45) is 0 Å². The highest BCUT2D eigenvalue weighted by Crippen LogP contribution is 2.44. The molecule has 3 N–H and O–H groups in total.